The van der Waals surface area contributed by atoms with Crippen molar-refractivity contribution in [3.05, 3.63) is 35.4 Å². The van der Waals surface area contributed by atoms with E-state index in [0.717, 1.165) is 45.8 Å². The quantitative estimate of drug-likeness (QED) is 0.819. The summed E-state index contributed by atoms with van der Waals surface area (Å²) in [6.07, 6.45) is 1.13. The predicted octanol–water partition coefficient (Wildman–Crippen LogP) is 1.06. The average Bonchev–Trinajstić information content (AvgIpc) is 2.63. The summed E-state index contributed by atoms with van der Waals surface area (Å²) in [5.41, 5.74) is 6.52. The van der Waals surface area contributed by atoms with Crippen LogP contribution in [0.4, 0.5) is 0 Å². The van der Waals surface area contributed by atoms with Crippen molar-refractivity contribution in [1.29, 1.82) is 0 Å². The van der Waals surface area contributed by atoms with Gasteiger partial charge in [0.1, 0.15) is 0 Å². The highest BCUT2D eigenvalue weighted by Crippen LogP contribution is 2.23. The van der Waals surface area contributed by atoms with Gasteiger partial charge in [-0.15, -0.1) is 0 Å². The summed E-state index contributed by atoms with van der Waals surface area (Å²) in [7, 11) is 0. The fourth-order valence-corrected chi connectivity index (χ4v) is 2.71. The number of hydrogen-bond acceptors (Lipinski definition) is 4. The monoisotopic (exact) mass is 247 g/mol. The van der Waals surface area contributed by atoms with Gasteiger partial charge >= 0.3 is 0 Å². The van der Waals surface area contributed by atoms with Crippen LogP contribution >= 0.6 is 0 Å². The molecule has 0 bridgehead atoms. The summed E-state index contributed by atoms with van der Waals surface area (Å²) in [5, 5.41) is 5.79. The van der Waals surface area contributed by atoms with E-state index in [-0.39, 0.29) is 0 Å². The lowest BCUT2D eigenvalue weighted by Gasteiger charge is -2.32. The third kappa shape index (κ3) is 2.72. The van der Waals surface area contributed by atoms with Crippen LogP contribution in [0.3, 0.4) is 0 Å². The van der Waals surface area contributed by atoms with Gasteiger partial charge in [0.2, 0.25) is 0 Å². The van der Waals surface area contributed by atoms with Crippen LogP contribution in [0.5, 0.6) is 0 Å². The van der Waals surface area contributed by atoms with Crippen LogP contribution < -0.4 is 10.7 Å². The van der Waals surface area contributed by atoms with Gasteiger partial charge < -0.3 is 10.1 Å². The molecule has 4 heteroatoms. The molecule has 0 saturated carbocycles. The van der Waals surface area contributed by atoms with Crippen molar-refractivity contribution in [3.63, 3.8) is 0 Å². The van der Waals surface area contributed by atoms with Crippen molar-refractivity contribution in [3.8, 4) is 0 Å². The van der Waals surface area contributed by atoms with E-state index < -0.39 is 0 Å². The van der Waals surface area contributed by atoms with E-state index in [9.17, 15) is 0 Å². The first-order valence-corrected chi connectivity index (χ1v) is 6.81. The van der Waals surface area contributed by atoms with E-state index in [1.807, 2.05) is 0 Å². The number of hydrazine groups is 1. The Kier molecular flexibility index (Phi) is 3.90. The smallest absolute Gasteiger partial charge is 0.0608 e. The lowest BCUT2D eigenvalue weighted by Crippen LogP contribution is -2.47. The van der Waals surface area contributed by atoms with Crippen molar-refractivity contribution >= 4 is 0 Å². The number of morpholine rings is 1. The van der Waals surface area contributed by atoms with Crippen molar-refractivity contribution in [2.45, 2.75) is 19.0 Å². The highest BCUT2D eigenvalue weighted by Gasteiger charge is 2.21. The van der Waals surface area contributed by atoms with Crippen LogP contribution in [0, 0.1) is 0 Å². The molecule has 98 valence electrons. The molecule has 2 N–H and O–H groups in total. The zero-order chi connectivity index (χ0) is 12.2. The molecule has 2 heterocycles. The number of rotatable bonds is 2. The Balaban J connectivity index is 1.74. The van der Waals surface area contributed by atoms with E-state index in [0.29, 0.717) is 6.04 Å². The molecule has 0 spiro atoms. The third-order valence-corrected chi connectivity index (χ3v) is 3.71. The summed E-state index contributed by atoms with van der Waals surface area (Å²) < 4.78 is 5.39. The highest BCUT2D eigenvalue weighted by molar-refractivity contribution is 5.30. The predicted molar refractivity (Wildman–Crippen MR) is 71.0 cm³/mol. The Hall–Kier alpha value is -0.940. The van der Waals surface area contributed by atoms with Gasteiger partial charge in [0, 0.05) is 25.7 Å². The summed E-state index contributed by atoms with van der Waals surface area (Å²) in [5.74, 6) is 0. The number of nitrogens with zero attached hydrogens (tertiary/aromatic N) is 1. The minimum Gasteiger partial charge on any atom is -0.379 e. The second-order valence-corrected chi connectivity index (χ2v) is 4.95. The molecule has 3 rings (SSSR count). The molecular formula is C14H21N3O. The molecule has 0 radical (unpaired) electrons. The van der Waals surface area contributed by atoms with Crippen LogP contribution in [-0.2, 0) is 11.3 Å². The van der Waals surface area contributed by atoms with E-state index in [2.05, 4.69) is 40.0 Å². The first-order valence-electron chi connectivity index (χ1n) is 6.81. The normalized spacial score (nSPS) is 25.4. The van der Waals surface area contributed by atoms with Gasteiger partial charge in [0.25, 0.3) is 0 Å². The molecule has 1 atom stereocenters. The fourth-order valence-electron chi connectivity index (χ4n) is 2.71. The van der Waals surface area contributed by atoms with Crippen LogP contribution in [0.2, 0.25) is 0 Å². The molecule has 2 aliphatic rings. The highest BCUT2D eigenvalue weighted by atomic mass is 16.5. The molecule has 1 unspecified atom stereocenters. The first-order chi connectivity index (χ1) is 8.93. The zero-order valence-corrected chi connectivity index (χ0v) is 10.7. The fraction of sp³-hybridized carbons (Fsp3) is 0.571. The lowest BCUT2D eigenvalue weighted by molar-refractivity contribution is 0.00280. The van der Waals surface area contributed by atoms with Crippen LogP contribution in [0.25, 0.3) is 0 Å². The van der Waals surface area contributed by atoms with Crippen LogP contribution in [0.15, 0.2) is 24.3 Å². The molecule has 18 heavy (non-hydrogen) atoms. The number of ether oxygens (including phenoxy) is 1. The van der Waals surface area contributed by atoms with Gasteiger partial charge in [0.15, 0.2) is 0 Å². The minimum absolute atomic E-state index is 0.425. The van der Waals surface area contributed by atoms with Crippen molar-refractivity contribution in [2.75, 3.05) is 32.8 Å². The number of benzene rings is 1. The summed E-state index contributed by atoms with van der Waals surface area (Å²) >= 11 is 0. The Labute approximate surface area is 108 Å². The second-order valence-electron chi connectivity index (χ2n) is 4.95. The second kappa shape index (κ2) is 5.80. The van der Waals surface area contributed by atoms with Crippen molar-refractivity contribution in [1.82, 2.24) is 15.8 Å². The molecule has 0 amide bonds. The molecule has 1 aromatic rings. The Morgan fingerprint density at radius 2 is 2.06 bits per heavy atom. The minimum atomic E-state index is 0.425. The number of hydrogen-bond donors (Lipinski definition) is 2. The maximum absolute atomic E-state index is 5.39. The molecule has 1 fully saturated rings. The standard InChI is InChI=1S/C14H21N3O/c1-2-4-13-12(3-1)11-15-6-5-14(13)16-17-7-9-18-10-8-17/h1-4,14-16H,5-11H2. The summed E-state index contributed by atoms with van der Waals surface area (Å²) in [6, 6.07) is 9.16. The largest absolute Gasteiger partial charge is 0.379 e. The topological polar surface area (TPSA) is 36.5 Å². The van der Waals surface area contributed by atoms with Gasteiger partial charge in [0.05, 0.1) is 13.2 Å². The molecule has 4 nitrogen and oxygen atoms in total. The Morgan fingerprint density at radius 1 is 1.22 bits per heavy atom. The van der Waals surface area contributed by atoms with Crippen molar-refractivity contribution in [2.24, 2.45) is 0 Å². The molecule has 1 saturated heterocycles. The number of fused-ring (bicyclic) bond motifs is 1. The zero-order valence-electron chi connectivity index (χ0n) is 10.7. The maximum atomic E-state index is 5.39. The van der Waals surface area contributed by atoms with E-state index in [4.69, 9.17) is 4.74 Å². The average molecular weight is 247 g/mol. The third-order valence-electron chi connectivity index (χ3n) is 3.71. The first kappa shape index (κ1) is 12.1. The molecule has 0 aliphatic carbocycles. The van der Waals surface area contributed by atoms with E-state index >= 15 is 0 Å². The van der Waals surface area contributed by atoms with Gasteiger partial charge in [-0.1, -0.05) is 24.3 Å². The molecule has 1 aromatic carbocycles. The van der Waals surface area contributed by atoms with Crippen molar-refractivity contribution < 1.29 is 4.74 Å². The van der Waals surface area contributed by atoms with Crippen LogP contribution in [-0.4, -0.2) is 37.9 Å². The van der Waals surface area contributed by atoms with E-state index in [1.54, 1.807) is 0 Å². The molecule has 0 aromatic heterocycles. The van der Waals surface area contributed by atoms with Gasteiger partial charge in [-0.25, -0.2) is 10.4 Å². The molecular weight excluding hydrogens is 226 g/mol. The van der Waals surface area contributed by atoms with Gasteiger partial charge in [-0.2, -0.15) is 0 Å². The van der Waals surface area contributed by atoms with Crippen LogP contribution in [0.1, 0.15) is 23.6 Å². The van der Waals surface area contributed by atoms with Gasteiger partial charge in [-0.3, -0.25) is 0 Å². The Morgan fingerprint density at radius 3 is 2.94 bits per heavy atom. The van der Waals surface area contributed by atoms with E-state index in [1.165, 1.54) is 11.1 Å². The SMILES string of the molecule is c1ccc2c(c1)CNCCC2NN1CCOCC1. The van der Waals surface area contributed by atoms with Gasteiger partial charge in [-0.05, 0) is 24.1 Å². The summed E-state index contributed by atoms with van der Waals surface area (Å²) in [4.78, 5) is 0. The maximum Gasteiger partial charge on any atom is 0.0608 e. The Bertz CT molecular complexity index is 390. The molecule has 2 aliphatic heterocycles. The lowest BCUT2D eigenvalue weighted by atomic mass is 10.00. The summed E-state index contributed by atoms with van der Waals surface area (Å²) in [6.45, 7) is 5.67. The number of nitrogens with one attached hydrogen (secondary N) is 2.